The highest BCUT2D eigenvalue weighted by Gasteiger charge is 2.11. The fourth-order valence-corrected chi connectivity index (χ4v) is 2.40. The summed E-state index contributed by atoms with van der Waals surface area (Å²) < 4.78 is 10.7. The highest BCUT2D eigenvalue weighted by molar-refractivity contribution is 5.79. The van der Waals surface area contributed by atoms with Crippen LogP contribution in [0.4, 0.5) is 0 Å². The molecule has 3 aromatic rings. The third-order valence-corrected chi connectivity index (χ3v) is 3.45. The molecule has 0 aliphatic heterocycles. The topological polar surface area (TPSA) is 64.2 Å². The fourth-order valence-electron chi connectivity index (χ4n) is 2.40. The predicted molar refractivity (Wildman–Crippen MR) is 88.2 cm³/mol. The Morgan fingerprint density at radius 1 is 1.22 bits per heavy atom. The van der Waals surface area contributed by atoms with Crippen LogP contribution in [-0.4, -0.2) is 22.5 Å². The van der Waals surface area contributed by atoms with Crippen LogP contribution in [0.25, 0.3) is 22.4 Å². The molecule has 0 saturated heterocycles. The Bertz CT molecular complexity index is 806. The first kappa shape index (κ1) is 15.1. The first-order valence-corrected chi connectivity index (χ1v) is 7.51. The van der Waals surface area contributed by atoms with E-state index in [2.05, 4.69) is 9.97 Å². The van der Waals surface area contributed by atoms with Crippen molar-refractivity contribution in [1.82, 2.24) is 9.97 Å². The van der Waals surface area contributed by atoms with Crippen LogP contribution in [-0.2, 0) is 16.1 Å². The number of benzene rings is 2. The molecule has 23 heavy (non-hydrogen) atoms. The summed E-state index contributed by atoms with van der Waals surface area (Å²) in [6.45, 7) is 4.04. The van der Waals surface area contributed by atoms with Crippen molar-refractivity contribution in [2.24, 2.45) is 0 Å². The number of imidazole rings is 1. The Balaban J connectivity index is 1.98. The van der Waals surface area contributed by atoms with Crippen molar-refractivity contribution >= 4 is 17.0 Å². The number of aromatic nitrogens is 2. The molecule has 0 saturated carbocycles. The van der Waals surface area contributed by atoms with Crippen molar-refractivity contribution < 1.29 is 14.3 Å². The Morgan fingerprint density at radius 3 is 2.78 bits per heavy atom. The normalized spacial score (nSPS) is 10.7. The zero-order valence-electron chi connectivity index (χ0n) is 13.1. The van der Waals surface area contributed by atoms with Gasteiger partial charge in [0.05, 0.1) is 17.6 Å². The zero-order valence-corrected chi connectivity index (χ0v) is 13.1. The van der Waals surface area contributed by atoms with Gasteiger partial charge >= 0.3 is 5.97 Å². The number of aromatic amines is 1. The zero-order chi connectivity index (χ0) is 16.2. The predicted octanol–water partition coefficient (Wildman–Crippen LogP) is 3.69. The van der Waals surface area contributed by atoms with Crippen molar-refractivity contribution in [3.05, 3.63) is 48.0 Å². The van der Waals surface area contributed by atoms with E-state index in [-0.39, 0.29) is 12.6 Å². The van der Waals surface area contributed by atoms with Gasteiger partial charge in [-0.2, -0.15) is 0 Å². The summed E-state index contributed by atoms with van der Waals surface area (Å²) >= 11 is 0. The minimum Gasteiger partial charge on any atom is -0.493 e. The van der Waals surface area contributed by atoms with Gasteiger partial charge in [0.2, 0.25) is 0 Å². The van der Waals surface area contributed by atoms with Crippen molar-refractivity contribution in [3.8, 4) is 17.1 Å². The van der Waals surface area contributed by atoms with Gasteiger partial charge in [-0.15, -0.1) is 0 Å². The van der Waals surface area contributed by atoms with Gasteiger partial charge in [0.25, 0.3) is 0 Å². The molecule has 2 aromatic carbocycles. The molecular formula is C18H18N2O3. The van der Waals surface area contributed by atoms with Gasteiger partial charge in [0.1, 0.15) is 18.2 Å². The van der Waals surface area contributed by atoms with E-state index in [9.17, 15) is 4.79 Å². The Hall–Kier alpha value is -2.82. The number of nitrogens with zero attached hydrogens (tertiary/aromatic N) is 1. The monoisotopic (exact) mass is 310 g/mol. The quantitative estimate of drug-likeness (QED) is 0.730. The number of para-hydroxylation sites is 2. The van der Waals surface area contributed by atoms with Gasteiger partial charge in [-0.25, -0.2) is 4.98 Å². The van der Waals surface area contributed by atoms with Crippen molar-refractivity contribution in [1.29, 1.82) is 0 Å². The van der Waals surface area contributed by atoms with Crippen LogP contribution in [0, 0.1) is 0 Å². The van der Waals surface area contributed by atoms with Crippen LogP contribution >= 0.6 is 0 Å². The molecule has 0 spiro atoms. The van der Waals surface area contributed by atoms with E-state index < -0.39 is 0 Å². The molecule has 0 aliphatic rings. The summed E-state index contributed by atoms with van der Waals surface area (Å²) in [4.78, 5) is 19.0. The summed E-state index contributed by atoms with van der Waals surface area (Å²) in [5, 5.41) is 0. The molecule has 0 aliphatic carbocycles. The highest BCUT2D eigenvalue weighted by atomic mass is 16.5. The lowest BCUT2D eigenvalue weighted by molar-refractivity contribution is -0.142. The fraction of sp³-hybridized carbons (Fsp3) is 0.222. The Kier molecular flexibility index (Phi) is 4.28. The molecule has 118 valence electrons. The largest absolute Gasteiger partial charge is 0.493 e. The SMILES string of the molecule is CCOc1ccc(-c2nc3ccccc3[nH]2)cc1COC(C)=O. The van der Waals surface area contributed by atoms with Crippen LogP contribution in [0.5, 0.6) is 5.75 Å². The molecule has 0 radical (unpaired) electrons. The molecule has 3 rings (SSSR count). The van der Waals surface area contributed by atoms with E-state index in [4.69, 9.17) is 9.47 Å². The van der Waals surface area contributed by atoms with E-state index in [1.807, 2.05) is 49.4 Å². The van der Waals surface area contributed by atoms with Gasteiger partial charge in [-0.3, -0.25) is 4.79 Å². The van der Waals surface area contributed by atoms with E-state index in [1.165, 1.54) is 6.92 Å². The summed E-state index contributed by atoms with van der Waals surface area (Å²) in [7, 11) is 0. The molecule has 0 amide bonds. The minimum atomic E-state index is -0.318. The molecule has 5 nitrogen and oxygen atoms in total. The number of fused-ring (bicyclic) bond motifs is 1. The van der Waals surface area contributed by atoms with E-state index in [0.717, 1.165) is 28.0 Å². The number of ether oxygens (including phenoxy) is 2. The summed E-state index contributed by atoms with van der Waals surface area (Å²) in [5.74, 6) is 1.17. The van der Waals surface area contributed by atoms with Crippen molar-refractivity contribution in [2.45, 2.75) is 20.5 Å². The number of rotatable bonds is 5. The first-order valence-electron chi connectivity index (χ1n) is 7.51. The smallest absolute Gasteiger partial charge is 0.302 e. The molecule has 0 unspecified atom stereocenters. The van der Waals surface area contributed by atoms with E-state index in [1.54, 1.807) is 0 Å². The molecule has 1 aromatic heterocycles. The number of nitrogens with one attached hydrogen (secondary N) is 1. The molecule has 0 fully saturated rings. The summed E-state index contributed by atoms with van der Waals surface area (Å²) in [5.41, 5.74) is 3.64. The number of carbonyl (C=O) groups is 1. The maximum atomic E-state index is 11.1. The van der Waals surface area contributed by atoms with Crippen LogP contribution in [0.2, 0.25) is 0 Å². The average Bonchev–Trinajstić information content (AvgIpc) is 2.98. The second-order valence-corrected chi connectivity index (χ2v) is 5.14. The molecule has 5 heteroatoms. The molecule has 1 heterocycles. The second-order valence-electron chi connectivity index (χ2n) is 5.14. The number of hydrogen-bond acceptors (Lipinski definition) is 4. The van der Waals surface area contributed by atoms with Gasteiger partial charge in [0, 0.05) is 18.1 Å². The van der Waals surface area contributed by atoms with Gasteiger partial charge < -0.3 is 14.5 Å². The van der Waals surface area contributed by atoms with Crippen LogP contribution < -0.4 is 4.74 Å². The Morgan fingerprint density at radius 2 is 2.04 bits per heavy atom. The minimum absolute atomic E-state index is 0.179. The maximum Gasteiger partial charge on any atom is 0.302 e. The standard InChI is InChI=1S/C18H18N2O3/c1-3-22-17-9-8-13(10-14(17)11-23-12(2)21)18-19-15-6-4-5-7-16(15)20-18/h4-10H,3,11H2,1-2H3,(H,19,20). The van der Waals surface area contributed by atoms with Gasteiger partial charge in [-0.05, 0) is 37.3 Å². The van der Waals surface area contributed by atoms with Crippen LogP contribution in [0.1, 0.15) is 19.4 Å². The van der Waals surface area contributed by atoms with Gasteiger partial charge in [0.15, 0.2) is 0 Å². The number of hydrogen-bond donors (Lipinski definition) is 1. The molecule has 1 N–H and O–H groups in total. The molecule has 0 atom stereocenters. The lowest BCUT2D eigenvalue weighted by Crippen LogP contribution is -2.03. The van der Waals surface area contributed by atoms with E-state index >= 15 is 0 Å². The van der Waals surface area contributed by atoms with Gasteiger partial charge in [-0.1, -0.05) is 12.1 Å². The summed E-state index contributed by atoms with van der Waals surface area (Å²) in [6.07, 6.45) is 0. The van der Waals surface area contributed by atoms with E-state index in [0.29, 0.717) is 12.4 Å². The average molecular weight is 310 g/mol. The third kappa shape index (κ3) is 3.34. The molecular weight excluding hydrogens is 292 g/mol. The van der Waals surface area contributed by atoms with Crippen LogP contribution in [0.3, 0.4) is 0 Å². The number of carbonyl (C=O) groups excluding carboxylic acids is 1. The number of H-pyrrole nitrogens is 1. The highest BCUT2D eigenvalue weighted by Crippen LogP contribution is 2.27. The van der Waals surface area contributed by atoms with Crippen molar-refractivity contribution in [2.75, 3.05) is 6.61 Å². The summed E-state index contributed by atoms with van der Waals surface area (Å²) in [6, 6.07) is 13.6. The lowest BCUT2D eigenvalue weighted by Gasteiger charge is -2.11. The molecule has 0 bridgehead atoms. The number of esters is 1. The van der Waals surface area contributed by atoms with Crippen LogP contribution in [0.15, 0.2) is 42.5 Å². The first-order chi connectivity index (χ1) is 11.2. The Labute approximate surface area is 134 Å². The second kappa shape index (κ2) is 6.52. The lowest BCUT2D eigenvalue weighted by atomic mass is 10.1. The van der Waals surface area contributed by atoms with Crippen molar-refractivity contribution in [3.63, 3.8) is 0 Å². The maximum absolute atomic E-state index is 11.1. The third-order valence-electron chi connectivity index (χ3n) is 3.45.